The number of ether oxygens (including phenoxy) is 10. The fourth-order valence-electron chi connectivity index (χ4n) is 11.5. The van der Waals surface area contributed by atoms with Gasteiger partial charge in [0, 0.05) is 67.4 Å². The van der Waals surface area contributed by atoms with E-state index >= 15 is 0 Å². The normalized spacial score (nSPS) is 21.3. The molecular formula is C64H96N6O20. The molecule has 502 valence electrons. The zero-order chi connectivity index (χ0) is 67.8. The van der Waals surface area contributed by atoms with Crippen LogP contribution in [0.2, 0.25) is 0 Å². The molecule has 0 unspecified atom stereocenters. The lowest BCUT2D eigenvalue weighted by Gasteiger charge is -2.43. The number of likely N-dealkylation sites (N-methyl/N-ethyl adjacent to an activating group) is 2. The van der Waals surface area contributed by atoms with Crippen molar-refractivity contribution >= 4 is 65.3 Å². The highest BCUT2D eigenvalue weighted by Crippen LogP contribution is 2.36. The fraction of sp³-hybridized carbons (Fsp3) is 0.656. The van der Waals surface area contributed by atoms with Crippen LogP contribution in [0.5, 0.6) is 5.75 Å². The van der Waals surface area contributed by atoms with Crippen LogP contribution in [0.3, 0.4) is 0 Å². The minimum absolute atomic E-state index is 0.0703. The highest BCUT2D eigenvalue weighted by Gasteiger charge is 2.56. The van der Waals surface area contributed by atoms with E-state index in [2.05, 4.69) is 10.6 Å². The smallest absolute Gasteiger partial charge is 0.410 e. The van der Waals surface area contributed by atoms with Crippen molar-refractivity contribution in [2.45, 2.75) is 207 Å². The molecule has 0 saturated carbocycles. The summed E-state index contributed by atoms with van der Waals surface area (Å²) >= 11 is 0. The Labute approximate surface area is 528 Å². The molecule has 0 radical (unpaired) electrons. The lowest BCUT2D eigenvalue weighted by atomic mass is 9.89. The molecule has 4 rings (SSSR count). The quantitative estimate of drug-likeness (QED) is 0.0523. The predicted molar refractivity (Wildman–Crippen MR) is 327 cm³/mol. The molecular weight excluding hydrogens is 1170 g/mol. The summed E-state index contributed by atoms with van der Waals surface area (Å²) in [5.74, 6) is -8.73. The van der Waals surface area contributed by atoms with Gasteiger partial charge in [-0.15, -0.1) is 0 Å². The van der Waals surface area contributed by atoms with Gasteiger partial charge in [0.05, 0.1) is 49.8 Å². The number of nitrogen functional groups attached to an aromatic ring is 1. The third kappa shape index (κ3) is 19.7. The van der Waals surface area contributed by atoms with Crippen molar-refractivity contribution in [3.05, 3.63) is 59.7 Å². The standard InChI is InChI=1S/C64H96N6O20/c1-20-35(6)50(68(15)59(77)48(33(2)3)67-58(76)49(34(4)5)69(16)63(80)90-64(12,13)14)46(81-17)32-47(74)70-30-24-27-44(70)51(82-18)36(7)57(75)66-37(8)52(41-25-22-21-23-26-41)88-60(78)43-29-28-42(65)31-45(43)87-62-56(86-40(11)73)54(85-39(10)72)53(84-38(9)71)55(89-62)61(79)83-19/h21-23,25-26,28-29,31,33-37,44,46,48-56,62H,20,24,27,30,32,65H2,1-19H3,(H,66,75)(H,67,76)/t35-,36+,37+,44-,46+,48-,49-,50-,51+,52+,53-,54-,55-,56+,62+/m0/s1. The van der Waals surface area contributed by atoms with Gasteiger partial charge in [0.2, 0.25) is 36.0 Å². The van der Waals surface area contributed by atoms with Crippen LogP contribution in [0.1, 0.15) is 145 Å². The minimum Gasteiger partial charge on any atom is -0.467 e. The van der Waals surface area contributed by atoms with E-state index in [-0.39, 0.29) is 47.1 Å². The van der Waals surface area contributed by atoms with Gasteiger partial charge < -0.3 is 73.5 Å². The number of hydrogen-bond acceptors (Lipinski definition) is 21. The molecule has 2 aliphatic heterocycles. The maximum atomic E-state index is 14.7. The third-order valence-corrected chi connectivity index (χ3v) is 16.0. The number of rotatable bonds is 28. The summed E-state index contributed by atoms with van der Waals surface area (Å²) in [5.41, 5.74) is 5.68. The van der Waals surface area contributed by atoms with Crippen LogP contribution in [0.25, 0.3) is 0 Å². The van der Waals surface area contributed by atoms with E-state index in [1.54, 1.807) is 95.6 Å². The Morgan fingerprint density at radius 3 is 1.89 bits per heavy atom. The van der Waals surface area contributed by atoms with E-state index in [1.165, 1.54) is 44.4 Å². The van der Waals surface area contributed by atoms with Gasteiger partial charge in [0.25, 0.3) is 0 Å². The number of nitrogens with two attached hydrogens (primary N) is 1. The summed E-state index contributed by atoms with van der Waals surface area (Å²) in [4.78, 5) is 141. The predicted octanol–water partition coefficient (Wildman–Crippen LogP) is 5.70. The number of esters is 5. The number of methoxy groups -OCH3 is 3. The largest absolute Gasteiger partial charge is 0.467 e. The zero-order valence-corrected chi connectivity index (χ0v) is 55.6. The Hall–Kier alpha value is -7.58. The van der Waals surface area contributed by atoms with Crippen molar-refractivity contribution in [1.82, 2.24) is 25.3 Å². The van der Waals surface area contributed by atoms with Crippen LogP contribution in [0.15, 0.2) is 48.5 Å². The van der Waals surface area contributed by atoms with Crippen LogP contribution >= 0.6 is 0 Å². The molecule has 2 aromatic rings. The molecule has 4 N–H and O–H groups in total. The number of amides is 5. The first-order chi connectivity index (χ1) is 42.1. The summed E-state index contributed by atoms with van der Waals surface area (Å²) in [7, 11) is 7.08. The SMILES string of the molecule is CC[C@H](C)[C@@H]([C@@H](CC(=O)N1CCC[C@H]1[C@H](OC)[C@@H](C)C(=O)N[C@H](C)[C@@H](OC(=O)c1ccc(N)cc1O[C@@H]1O[C@H](C(=O)OC)[C@@H](OC(C)=O)[C@H](OC(C)=O)[C@H]1OC(C)=O)c1ccccc1)OC)N(C)C(=O)[C@@H](NC(=O)[C@H](C(C)C)N(C)C(=O)OC(C)(C)C)C(C)C. The number of nitrogens with zero attached hydrogens (tertiary/aromatic N) is 3. The molecule has 2 aliphatic rings. The van der Waals surface area contributed by atoms with Crippen molar-refractivity contribution in [2.75, 3.05) is 47.7 Å². The first-order valence-corrected chi connectivity index (χ1v) is 30.4. The average Bonchev–Trinajstić information content (AvgIpc) is 0.842. The Morgan fingerprint density at radius 2 is 1.36 bits per heavy atom. The van der Waals surface area contributed by atoms with E-state index in [0.717, 1.165) is 27.9 Å². The second-order valence-electron chi connectivity index (χ2n) is 24.7. The number of carbonyl (C=O) groups is 10. The van der Waals surface area contributed by atoms with Gasteiger partial charge in [0.15, 0.2) is 18.3 Å². The van der Waals surface area contributed by atoms with E-state index in [0.29, 0.717) is 31.4 Å². The molecule has 26 nitrogen and oxygen atoms in total. The molecule has 0 bridgehead atoms. The lowest BCUT2D eigenvalue weighted by molar-refractivity contribution is -0.282. The van der Waals surface area contributed by atoms with Gasteiger partial charge >= 0.3 is 35.9 Å². The van der Waals surface area contributed by atoms with Crippen LogP contribution in [0.4, 0.5) is 10.5 Å². The van der Waals surface area contributed by atoms with Gasteiger partial charge in [-0.2, -0.15) is 0 Å². The van der Waals surface area contributed by atoms with Crippen molar-refractivity contribution in [2.24, 2.45) is 23.7 Å². The highest BCUT2D eigenvalue weighted by atomic mass is 16.7. The van der Waals surface area contributed by atoms with Crippen molar-refractivity contribution < 1.29 is 95.3 Å². The van der Waals surface area contributed by atoms with E-state index in [1.807, 2.05) is 27.7 Å². The Bertz CT molecular complexity index is 2810. The van der Waals surface area contributed by atoms with Gasteiger partial charge in [-0.05, 0) is 76.0 Å². The molecule has 26 heteroatoms. The van der Waals surface area contributed by atoms with Gasteiger partial charge in [-0.25, -0.2) is 14.4 Å². The van der Waals surface area contributed by atoms with Crippen molar-refractivity contribution in [3.63, 3.8) is 0 Å². The number of nitrogens with one attached hydrogen (secondary N) is 2. The van der Waals surface area contributed by atoms with Crippen LogP contribution in [0, 0.1) is 23.7 Å². The Kier molecular flexibility index (Phi) is 27.9. The first-order valence-electron chi connectivity index (χ1n) is 30.4. The molecule has 15 atom stereocenters. The van der Waals surface area contributed by atoms with Crippen molar-refractivity contribution in [1.29, 1.82) is 0 Å². The molecule has 2 fully saturated rings. The number of anilines is 1. The van der Waals surface area contributed by atoms with Crippen LogP contribution < -0.4 is 21.1 Å². The molecule has 0 aromatic heterocycles. The number of benzene rings is 2. The summed E-state index contributed by atoms with van der Waals surface area (Å²) in [6.45, 7) is 23.1. The second-order valence-corrected chi connectivity index (χ2v) is 24.7. The molecule has 0 aliphatic carbocycles. The van der Waals surface area contributed by atoms with Crippen LogP contribution in [-0.2, 0) is 81.0 Å². The maximum absolute atomic E-state index is 14.7. The monoisotopic (exact) mass is 1270 g/mol. The number of hydrogen-bond donors (Lipinski definition) is 3. The fourth-order valence-corrected chi connectivity index (χ4v) is 11.5. The van der Waals surface area contributed by atoms with E-state index in [9.17, 15) is 47.9 Å². The molecule has 5 amide bonds. The molecule has 2 heterocycles. The van der Waals surface area contributed by atoms with Crippen LogP contribution in [-0.4, -0.2) is 195 Å². The second kappa shape index (κ2) is 33.5. The van der Waals surface area contributed by atoms with Gasteiger partial charge in [-0.3, -0.25) is 38.5 Å². The first kappa shape index (κ1) is 74.9. The number of likely N-dealkylation sites (tertiary alicyclic amines) is 1. The summed E-state index contributed by atoms with van der Waals surface area (Å²) in [6, 6.07) is 8.30. The van der Waals surface area contributed by atoms with E-state index < -0.39 is 144 Å². The number of carbonyl (C=O) groups excluding carboxylic acids is 10. The zero-order valence-electron chi connectivity index (χ0n) is 55.6. The van der Waals surface area contributed by atoms with Crippen molar-refractivity contribution in [3.8, 4) is 5.75 Å². The molecule has 0 spiro atoms. The molecule has 2 saturated heterocycles. The van der Waals surface area contributed by atoms with Gasteiger partial charge in [0.1, 0.15) is 35.1 Å². The highest BCUT2D eigenvalue weighted by molar-refractivity contribution is 5.94. The average molecular weight is 1270 g/mol. The van der Waals surface area contributed by atoms with Gasteiger partial charge in [-0.1, -0.05) is 85.2 Å². The maximum Gasteiger partial charge on any atom is 0.410 e. The van der Waals surface area contributed by atoms with E-state index in [4.69, 9.17) is 53.1 Å². The lowest BCUT2D eigenvalue weighted by Crippen LogP contribution is -2.64. The Balaban J connectivity index is 1.59. The summed E-state index contributed by atoms with van der Waals surface area (Å²) < 4.78 is 57.4. The topological polar surface area (TPSA) is 323 Å². The molecule has 90 heavy (non-hydrogen) atoms. The molecule has 2 aromatic carbocycles. The minimum atomic E-state index is -1.86. The summed E-state index contributed by atoms with van der Waals surface area (Å²) in [5, 5.41) is 5.93. The summed E-state index contributed by atoms with van der Waals surface area (Å²) in [6.07, 6.45) is -10.8. The Morgan fingerprint density at radius 1 is 0.756 bits per heavy atom. The third-order valence-electron chi connectivity index (χ3n) is 16.0.